The molecule has 138 valence electrons. The van der Waals surface area contributed by atoms with Crippen molar-refractivity contribution in [1.82, 2.24) is 16.0 Å². The van der Waals surface area contributed by atoms with Crippen LogP contribution in [-0.4, -0.2) is 41.1 Å². The van der Waals surface area contributed by atoms with Crippen molar-refractivity contribution in [2.75, 3.05) is 6.54 Å². The fourth-order valence-electron chi connectivity index (χ4n) is 2.60. The molecule has 0 aromatic carbocycles. The molecule has 3 N–H and O–H groups in total. The molecular formula is C17H31N3O4. The van der Waals surface area contributed by atoms with E-state index in [4.69, 9.17) is 4.74 Å². The van der Waals surface area contributed by atoms with Gasteiger partial charge in [0, 0.05) is 5.54 Å². The number of urea groups is 1. The van der Waals surface area contributed by atoms with E-state index < -0.39 is 28.6 Å². The molecule has 0 bridgehead atoms. The van der Waals surface area contributed by atoms with Crippen LogP contribution in [0.1, 0.15) is 67.2 Å². The van der Waals surface area contributed by atoms with Crippen LogP contribution in [0.2, 0.25) is 0 Å². The van der Waals surface area contributed by atoms with E-state index in [0.717, 1.165) is 12.8 Å². The Kier molecular flexibility index (Phi) is 6.38. The largest absolute Gasteiger partial charge is 0.459 e. The maximum absolute atomic E-state index is 12.5. The Balaban J connectivity index is 2.59. The summed E-state index contributed by atoms with van der Waals surface area (Å²) in [5.41, 5.74) is -1.85. The first kappa shape index (κ1) is 20.4. The van der Waals surface area contributed by atoms with Gasteiger partial charge >= 0.3 is 12.0 Å². The maximum atomic E-state index is 12.5. The van der Waals surface area contributed by atoms with Gasteiger partial charge in [-0.25, -0.2) is 4.79 Å². The summed E-state index contributed by atoms with van der Waals surface area (Å²) in [4.78, 5) is 36.2. The molecule has 1 aliphatic rings. The maximum Gasteiger partial charge on any atom is 0.326 e. The second kappa shape index (κ2) is 7.51. The lowest BCUT2D eigenvalue weighted by atomic mass is 9.97. The van der Waals surface area contributed by atoms with Crippen molar-refractivity contribution in [3.8, 4) is 0 Å². The highest BCUT2D eigenvalue weighted by molar-refractivity contribution is 5.95. The minimum absolute atomic E-state index is 0.114. The van der Waals surface area contributed by atoms with Gasteiger partial charge in [0.2, 0.25) is 5.91 Å². The third-order valence-electron chi connectivity index (χ3n) is 3.58. The molecule has 3 amide bonds. The molecule has 0 heterocycles. The third-order valence-corrected chi connectivity index (χ3v) is 3.58. The zero-order valence-corrected chi connectivity index (χ0v) is 15.7. The van der Waals surface area contributed by atoms with Crippen LogP contribution in [0.5, 0.6) is 0 Å². The molecule has 7 heteroatoms. The summed E-state index contributed by atoms with van der Waals surface area (Å²) in [6.45, 7) is 10.8. The predicted octanol–water partition coefficient (Wildman–Crippen LogP) is 1.85. The summed E-state index contributed by atoms with van der Waals surface area (Å²) in [7, 11) is 0. The van der Waals surface area contributed by atoms with E-state index in [0.29, 0.717) is 12.8 Å². The van der Waals surface area contributed by atoms with Gasteiger partial charge in [0.25, 0.3) is 0 Å². The first-order chi connectivity index (χ1) is 10.8. The van der Waals surface area contributed by atoms with Crippen molar-refractivity contribution in [3.05, 3.63) is 0 Å². The zero-order valence-electron chi connectivity index (χ0n) is 15.7. The minimum atomic E-state index is -0.842. The Morgan fingerprint density at radius 2 is 1.54 bits per heavy atom. The van der Waals surface area contributed by atoms with E-state index in [9.17, 15) is 14.4 Å². The number of ether oxygens (including phenoxy) is 1. The van der Waals surface area contributed by atoms with Gasteiger partial charge in [-0.15, -0.1) is 0 Å². The number of imide groups is 1. The number of carbonyl (C=O) groups is 3. The molecule has 1 rings (SSSR count). The SMILES string of the molecule is CC(C)(C)NC(=O)NC(=O)CNC1(C(=O)OC(C)(C)C)CCCC1. The Morgan fingerprint density at radius 3 is 2.00 bits per heavy atom. The lowest BCUT2D eigenvalue weighted by Crippen LogP contribution is -2.56. The van der Waals surface area contributed by atoms with Crippen LogP contribution in [0.3, 0.4) is 0 Å². The quantitative estimate of drug-likeness (QED) is 0.678. The molecule has 0 aromatic heterocycles. The van der Waals surface area contributed by atoms with E-state index in [1.807, 2.05) is 41.5 Å². The van der Waals surface area contributed by atoms with Crippen LogP contribution in [0.4, 0.5) is 4.79 Å². The number of hydrogen-bond acceptors (Lipinski definition) is 5. The summed E-state index contributed by atoms with van der Waals surface area (Å²) in [5.74, 6) is -0.814. The number of amides is 3. The lowest BCUT2D eigenvalue weighted by Gasteiger charge is -2.31. The molecule has 0 aromatic rings. The van der Waals surface area contributed by atoms with Gasteiger partial charge in [0.05, 0.1) is 6.54 Å². The van der Waals surface area contributed by atoms with Crippen LogP contribution in [-0.2, 0) is 14.3 Å². The van der Waals surface area contributed by atoms with E-state index in [2.05, 4.69) is 16.0 Å². The molecule has 0 aliphatic heterocycles. The molecule has 7 nitrogen and oxygen atoms in total. The van der Waals surface area contributed by atoms with Gasteiger partial charge in [-0.1, -0.05) is 12.8 Å². The van der Waals surface area contributed by atoms with Crippen LogP contribution < -0.4 is 16.0 Å². The van der Waals surface area contributed by atoms with Crippen molar-refractivity contribution in [2.45, 2.75) is 83.9 Å². The number of carbonyl (C=O) groups excluding carboxylic acids is 3. The van der Waals surface area contributed by atoms with Gasteiger partial charge < -0.3 is 10.1 Å². The molecule has 24 heavy (non-hydrogen) atoms. The van der Waals surface area contributed by atoms with Crippen LogP contribution in [0.25, 0.3) is 0 Å². The molecule has 0 atom stereocenters. The molecule has 0 radical (unpaired) electrons. The van der Waals surface area contributed by atoms with Crippen molar-refractivity contribution in [3.63, 3.8) is 0 Å². The van der Waals surface area contributed by atoms with Gasteiger partial charge in [-0.05, 0) is 54.4 Å². The summed E-state index contributed by atoms with van der Waals surface area (Å²) in [6.07, 6.45) is 3.06. The number of hydrogen-bond donors (Lipinski definition) is 3. The standard InChI is InChI=1S/C17H31N3O4/c1-15(2,3)20-14(23)19-12(21)11-18-17(9-7-8-10-17)13(22)24-16(4,5)6/h18H,7-11H2,1-6H3,(H2,19,20,21,23). The van der Waals surface area contributed by atoms with Gasteiger partial charge in [0.1, 0.15) is 11.1 Å². The fraction of sp³-hybridized carbons (Fsp3) is 0.824. The Bertz CT molecular complexity index is 483. The van der Waals surface area contributed by atoms with Crippen molar-refractivity contribution in [1.29, 1.82) is 0 Å². The minimum Gasteiger partial charge on any atom is -0.459 e. The van der Waals surface area contributed by atoms with E-state index >= 15 is 0 Å². The summed E-state index contributed by atoms with van der Waals surface area (Å²) in [5, 5.41) is 7.93. The summed E-state index contributed by atoms with van der Waals surface area (Å²) >= 11 is 0. The predicted molar refractivity (Wildman–Crippen MR) is 91.5 cm³/mol. The molecule has 0 spiro atoms. The van der Waals surface area contributed by atoms with Crippen LogP contribution in [0, 0.1) is 0 Å². The van der Waals surface area contributed by atoms with Crippen molar-refractivity contribution in [2.24, 2.45) is 0 Å². The molecule has 0 saturated heterocycles. The molecule has 0 unspecified atom stereocenters. The Morgan fingerprint density at radius 1 is 1.00 bits per heavy atom. The van der Waals surface area contributed by atoms with Crippen molar-refractivity contribution < 1.29 is 19.1 Å². The lowest BCUT2D eigenvalue weighted by molar-refractivity contribution is -0.163. The average Bonchev–Trinajstić information content (AvgIpc) is 2.81. The highest BCUT2D eigenvalue weighted by Gasteiger charge is 2.44. The molecule has 1 fully saturated rings. The Labute approximate surface area is 144 Å². The average molecular weight is 341 g/mol. The highest BCUT2D eigenvalue weighted by Crippen LogP contribution is 2.32. The Hall–Kier alpha value is -1.63. The highest BCUT2D eigenvalue weighted by atomic mass is 16.6. The monoisotopic (exact) mass is 341 g/mol. The van der Waals surface area contributed by atoms with Crippen LogP contribution in [0.15, 0.2) is 0 Å². The third kappa shape index (κ3) is 6.86. The normalized spacial score (nSPS) is 17.2. The van der Waals surface area contributed by atoms with E-state index in [-0.39, 0.29) is 12.5 Å². The second-order valence-electron chi connectivity index (χ2n) is 8.40. The van der Waals surface area contributed by atoms with Gasteiger partial charge in [0.15, 0.2) is 0 Å². The van der Waals surface area contributed by atoms with E-state index in [1.165, 1.54) is 0 Å². The summed E-state index contributed by atoms with van der Waals surface area (Å²) < 4.78 is 5.49. The smallest absolute Gasteiger partial charge is 0.326 e. The van der Waals surface area contributed by atoms with E-state index in [1.54, 1.807) is 0 Å². The van der Waals surface area contributed by atoms with Gasteiger partial charge in [-0.2, -0.15) is 0 Å². The van der Waals surface area contributed by atoms with Crippen molar-refractivity contribution >= 4 is 17.9 Å². The first-order valence-corrected chi connectivity index (χ1v) is 8.43. The molecular weight excluding hydrogens is 310 g/mol. The zero-order chi connectivity index (χ0) is 18.6. The van der Waals surface area contributed by atoms with Gasteiger partial charge in [-0.3, -0.25) is 20.2 Å². The fourth-order valence-corrected chi connectivity index (χ4v) is 2.60. The first-order valence-electron chi connectivity index (χ1n) is 8.43. The molecule has 1 saturated carbocycles. The topological polar surface area (TPSA) is 96.5 Å². The summed E-state index contributed by atoms with van der Waals surface area (Å²) in [6, 6.07) is -0.549. The number of esters is 1. The van der Waals surface area contributed by atoms with Crippen LogP contribution >= 0.6 is 0 Å². The molecule has 1 aliphatic carbocycles. The number of nitrogens with one attached hydrogen (secondary N) is 3. The number of rotatable bonds is 4. The second-order valence-corrected chi connectivity index (χ2v) is 8.40.